The maximum Gasteiger partial charge on any atom is 0.119 e. The van der Waals surface area contributed by atoms with Gasteiger partial charge in [0.15, 0.2) is 0 Å². The number of hydrogen-bond donors (Lipinski definition) is 1. The maximum absolute atomic E-state index is 9.79. The van der Waals surface area contributed by atoms with Crippen LogP contribution >= 0.6 is 0 Å². The number of aryl methyl sites for hydroxylation is 1. The van der Waals surface area contributed by atoms with Crippen LogP contribution in [0, 0.1) is 6.92 Å². The van der Waals surface area contributed by atoms with Crippen molar-refractivity contribution in [3.63, 3.8) is 0 Å². The molecule has 1 rings (SSSR count). The molecule has 0 bridgehead atoms. The van der Waals surface area contributed by atoms with Gasteiger partial charge in [-0.05, 0) is 49.1 Å². The lowest BCUT2D eigenvalue weighted by Gasteiger charge is -2.10. The number of aliphatic imine (C=N–C) groups is 1. The van der Waals surface area contributed by atoms with E-state index in [-0.39, 0.29) is 0 Å². The van der Waals surface area contributed by atoms with Gasteiger partial charge in [-0.15, -0.1) is 0 Å². The van der Waals surface area contributed by atoms with E-state index in [1.165, 1.54) is 0 Å². The van der Waals surface area contributed by atoms with Crippen molar-refractivity contribution in [3.8, 4) is 5.75 Å². The molecule has 0 unspecified atom stereocenters. The predicted molar refractivity (Wildman–Crippen MR) is 69.9 cm³/mol. The first-order chi connectivity index (χ1) is 7.56. The molecule has 1 aromatic rings. The Morgan fingerprint density at radius 3 is 2.56 bits per heavy atom. The van der Waals surface area contributed by atoms with Crippen LogP contribution in [-0.4, -0.2) is 11.3 Å². The molecule has 0 spiro atoms. The van der Waals surface area contributed by atoms with E-state index in [4.69, 9.17) is 0 Å². The largest absolute Gasteiger partial charge is 0.508 e. The highest BCUT2D eigenvalue weighted by Crippen LogP contribution is 2.32. The lowest BCUT2D eigenvalue weighted by molar-refractivity contribution is 0.464. The molecule has 0 aromatic heterocycles. The first-order valence-corrected chi connectivity index (χ1v) is 5.55. The maximum atomic E-state index is 9.79. The minimum Gasteiger partial charge on any atom is -0.508 e. The summed E-state index contributed by atoms with van der Waals surface area (Å²) in [6, 6.07) is 3.73. The molecule has 2 nitrogen and oxygen atoms in total. The first-order valence-electron chi connectivity index (χ1n) is 5.55. The molecule has 0 aliphatic carbocycles. The second-order valence-corrected chi connectivity index (χ2v) is 4.16. The van der Waals surface area contributed by atoms with Crippen LogP contribution in [0.4, 0.5) is 5.69 Å². The third-order valence-corrected chi connectivity index (χ3v) is 2.46. The van der Waals surface area contributed by atoms with Crippen molar-refractivity contribution in [2.45, 2.75) is 33.6 Å². The van der Waals surface area contributed by atoms with Gasteiger partial charge in [0.25, 0.3) is 0 Å². The number of phenols is 1. The molecule has 0 fully saturated rings. The molecule has 0 aliphatic heterocycles. The summed E-state index contributed by atoms with van der Waals surface area (Å²) in [4.78, 5) is 4.36. The van der Waals surface area contributed by atoms with Crippen LogP contribution in [0.5, 0.6) is 5.75 Å². The summed E-state index contributed by atoms with van der Waals surface area (Å²) in [5.41, 5.74) is 2.85. The molecular weight excluding hydrogens is 198 g/mol. The molecule has 0 amide bonds. The van der Waals surface area contributed by atoms with Gasteiger partial charge in [0.05, 0.1) is 5.69 Å². The van der Waals surface area contributed by atoms with Crippen LogP contribution in [-0.2, 0) is 0 Å². The Morgan fingerprint density at radius 2 is 2.00 bits per heavy atom. The zero-order chi connectivity index (χ0) is 12.1. The fourth-order valence-corrected chi connectivity index (χ4v) is 1.51. The summed E-state index contributed by atoms with van der Waals surface area (Å²) >= 11 is 0. The van der Waals surface area contributed by atoms with Crippen molar-refractivity contribution < 1.29 is 5.11 Å². The van der Waals surface area contributed by atoms with Gasteiger partial charge >= 0.3 is 0 Å². The van der Waals surface area contributed by atoms with E-state index in [9.17, 15) is 5.11 Å². The van der Waals surface area contributed by atoms with E-state index < -0.39 is 0 Å². The zero-order valence-electron chi connectivity index (χ0n) is 10.4. The number of benzene rings is 1. The predicted octanol–water partition coefficient (Wildman–Crippen LogP) is 4.10. The molecule has 1 aromatic carbocycles. The van der Waals surface area contributed by atoms with Gasteiger partial charge in [0.1, 0.15) is 5.75 Å². The van der Waals surface area contributed by atoms with Gasteiger partial charge in [0.2, 0.25) is 0 Å². The van der Waals surface area contributed by atoms with Crippen LogP contribution < -0.4 is 0 Å². The summed E-state index contributed by atoms with van der Waals surface area (Å²) < 4.78 is 0. The Bertz CT molecular complexity index is 417. The average molecular weight is 217 g/mol. The van der Waals surface area contributed by atoms with Crippen molar-refractivity contribution in [2.24, 2.45) is 4.99 Å². The minimum atomic E-state index is 0.302. The van der Waals surface area contributed by atoms with Crippen molar-refractivity contribution in [1.82, 2.24) is 0 Å². The van der Waals surface area contributed by atoms with Crippen molar-refractivity contribution in [3.05, 3.63) is 35.4 Å². The topological polar surface area (TPSA) is 32.6 Å². The highest BCUT2D eigenvalue weighted by molar-refractivity contribution is 5.75. The van der Waals surface area contributed by atoms with E-state index in [1.54, 1.807) is 12.3 Å². The van der Waals surface area contributed by atoms with E-state index in [1.807, 2.05) is 32.1 Å². The molecule has 0 aliphatic rings. The van der Waals surface area contributed by atoms with Crippen molar-refractivity contribution >= 4 is 11.9 Å². The van der Waals surface area contributed by atoms with Crippen LogP contribution in [0.1, 0.15) is 37.8 Å². The van der Waals surface area contributed by atoms with Crippen LogP contribution in [0.3, 0.4) is 0 Å². The van der Waals surface area contributed by atoms with Gasteiger partial charge in [-0.25, -0.2) is 0 Å². The number of nitrogens with zero attached hydrogens (tertiary/aromatic N) is 1. The number of phenolic OH excluding ortho intramolecular Hbond substituents is 1. The molecule has 0 atom stereocenters. The van der Waals surface area contributed by atoms with Crippen LogP contribution in [0.15, 0.2) is 29.3 Å². The van der Waals surface area contributed by atoms with Crippen LogP contribution in [0.2, 0.25) is 0 Å². The van der Waals surface area contributed by atoms with E-state index in [0.29, 0.717) is 11.7 Å². The number of aromatic hydroxyl groups is 1. The van der Waals surface area contributed by atoms with Gasteiger partial charge < -0.3 is 5.11 Å². The Hall–Kier alpha value is -1.57. The summed E-state index contributed by atoms with van der Waals surface area (Å²) in [6.07, 6.45) is 5.59. The molecule has 2 heteroatoms. The van der Waals surface area contributed by atoms with E-state index in [2.05, 4.69) is 18.8 Å². The zero-order valence-corrected chi connectivity index (χ0v) is 10.4. The SMILES string of the molecule is C/C=C/C=Nc1cc(C(C)C)c(O)cc1C. The second kappa shape index (κ2) is 5.50. The van der Waals surface area contributed by atoms with Gasteiger partial charge in [-0.3, -0.25) is 4.99 Å². The quantitative estimate of drug-likeness (QED) is 0.759. The molecular formula is C14H19NO. The Kier molecular flexibility index (Phi) is 4.29. The number of hydrogen-bond acceptors (Lipinski definition) is 2. The summed E-state index contributed by atoms with van der Waals surface area (Å²) in [5.74, 6) is 0.661. The second-order valence-electron chi connectivity index (χ2n) is 4.16. The summed E-state index contributed by atoms with van der Waals surface area (Å²) in [7, 11) is 0. The Morgan fingerprint density at radius 1 is 1.31 bits per heavy atom. The number of rotatable bonds is 3. The normalized spacial score (nSPS) is 12.1. The first kappa shape index (κ1) is 12.5. The summed E-state index contributed by atoms with van der Waals surface area (Å²) in [5, 5.41) is 9.79. The smallest absolute Gasteiger partial charge is 0.119 e. The lowest BCUT2D eigenvalue weighted by atomic mass is 9.99. The molecule has 86 valence electrons. The lowest BCUT2D eigenvalue weighted by Crippen LogP contribution is -1.89. The fraction of sp³-hybridized carbons (Fsp3) is 0.357. The van der Waals surface area contributed by atoms with Crippen LogP contribution in [0.25, 0.3) is 0 Å². The van der Waals surface area contributed by atoms with Crippen molar-refractivity contribution in [2.75, 3.05) is 0 Å². The standard InChI is InChI=1S/C14H19NO/c1-5-6-7-15-13-9-12(10(2)3)14(16)8-11(13)4/h5-10,16H,1-4H3/b6-5+,15-7?. The third kappa shape index (κ3) is 2.96. The van der Waals surface area contributed by atoms with E-state index in [0.717, 1.165) is 16.8 Å². The number of allylic oxidation sites excluding steroid dienone is 2. The highest BCUT2D eigenvalue weighted by Gasteiger charge is 2.08. The van der Waals surface area contributed by atoms with Gasteiger partial charge in [-0.2, -0.15) is 0 Å². The molecule has 1 N–H and O–H groups in total. The molecule has 16 heavy (non-hydrogen) atoms. The van der Waals surface area contributed by atoms with Crippen molar-refractivity contribution in [1.29, 1.82) is 0 Å². The summed E-state index contributed by atoms with van der Waals surface area (Å²) in [6.45, 7) is 8.02. The molecule has 0 saturated heterocycles. The fourth-order valence-electron chi connectivity index (χ4n) is 1.51. The van der Waals surface area contributed by atoms with E-state index >= 15 is 0 Å². The molecule has 0 saturated carbocycles. The average Bonchev–Trinajstić information content (AvgIpc) is 2.21. The monoisotopic (exact) mass is 217 g/mol. The molecule has 0 heterocycles. The van der Waals surface area contributed by atoms with Gasteiger partial charge in [-0.1, -0.05) is 19.9 Å². The highest BCUT2D eigenvalue weighted by atomic mass is 16.3. The Labute approximate surface area is 97.4 Å². The Balaban J connectivity index is 3.14. The third-order valence-electron chi connectivity index (χ3n) is 2.46. The molecule has 0 radical (unpaired) electrons. The minimum absolute atomic E-state index is 0.302. The van der Waals surface area contributed by atoms with Gasteiger partial charge in [0, 0.05) is 6.21 Å².